The standard InChI is InChI=1S/C12H17ClFNS/c1-3-16-8-11(15-2)7-9-6-10(13)4-5-12(9)14/h4-6,11,15H,3,7-8H2,1-2H3. The van der Waals surface area contributed by atoms with Gasteiger partial charge < -0.3 is 5.32 Å². The van der Waals surface area contributed by atoms with E-state index in [0.29, 0.717) is 17.0 Å². The Morgan fingerprint density at radius 1 is 1.50 bits per heavy atom. The lowest BCUT2D eigenvalue weighted by Crippen LogP contribution is -2.30. The predicted octanol–water partition coefficient (Wildman–Crippen LogP) is 3.36. The monoisotopic (exact) mass is 261 g/mol. The van der Waals surface area contributed by atoms with E-state index < -0.39 is 0 Å². The largest absolute Gasteiger partial charge is 0.316 e. The van der Waals surface area contributed by atoms with Crippen LogP contribution in [0, 0.1) is 5.82 Å². The average molecular weight is 262 g/mol. The molecule has 0 aliphatic carbocycles. The fourth-order valence-electron chi connectivity index (χ4n) is 1.47. The van der Waals surface area contributed by atoms with Crippen LogP contribution in [-0.4, -0.2) is 24.6 Å². The molecule has 0 aromatic heterocycles. The molecule has 1 aromatic carbocycles. The van der Waals surface area contributed by atoms with Gasteiger partial charge >= 0.3 is 0 Å². The number of rotatable bonds is 6. The van der Waals surface area contributed by atoms with Gasteiger partial charge in [-0.05, 0) is 43.0 Å². The normalized spacial score (nSPS) is 12.8. The summed E-state index contributed by atoms with van der Waals surface area (Å²) in [4.78, 5) is 0. The van der Waals surface area contributed by atoms with Crippen molar-refractivity contribution in [3.8, 4) is 0 Å². The molecule has 0 amide bonds. The molecule has 1 N–H and O–H groups in total. The molecule has 0 aliphatic heterocycles. The van der Waals surface area contributed by atoms with Crippen LogP contribution in [0.1, 0.15) is 12.5 Å². The number of nitrogens with one attached hydrogen (secondary N) is 1. The molecule has 0 fully saturated rings. The molecular weight excluding hydrogens is 245 g/mol. The van der Waals surface area contributed by atoms with Crippen LogP contribution in [0.25, 0.3) is 0 Å². The highest BCUT2D eigenvalue weighted by atomic mass is 35.5. The first-order chi connectivity index (χ1) is 7.67. The Labute approximate surface area is 106 Å². The van der Waals surface area contributed by atoms with Crippen LogP contribution in [0.3, 0.4) is 0 Å². The maximum Gasteiger partial charge on any atom is 0.126 e. The first-order valence-corrected chi connectivity index (χ1v) is 6.89. The summed E-state index contributed by atoms with van der Waals surface area (Å²) in [6.07, 6.45) is 0.676. The Bertz CT molecular complexity index is 333. The van der Waals surface area contributed by atoms with E-state index in [9.17, 15) is 4.39 Å². The number of benzene rings is 1. The van der Waals surface area contributed by atoms with E-state index in [4.69, 9.17) is 11.6 Å². The van der Waals surface area contributed by atoms with Crippen LogP contribution in [0.4, 0.5) is 4.39 Å². The van der Waals surface area contributed by atoms with Crippen molar-refractivity contribution >= 4 is 23.4 Å². The lowest BCUT2D eigenvalue weighted by Gasteiger charge is -2.16. The van der Waals surface area contributed by atoms with E-state index in [-0.39, 0.29) is 11.9 Å². The Kier molecular flexibility index (Phi) is 6.17. The summed E-state index contributed by atoms with van der Waals surface area (Å²) >= 11 is 7.71. The fraction of sp³-hybridized carbons (Fsp3) is 0.500. The molecule has 16 heavy (non-hydrogen) atoms. The minimum Gasteiger partial charge on any atom is -0.316 e. The van der Waals surface area contributed by atoms with Crippen LogP contribution in [0.2, 0.25) is 5.02 Å². The van der Waals surface area contributed by atoms with Crippen molar-refractivity contribution in [1.29, 1.82) is 0 Å². The van der Waals surface area contributed by atoms with Crippen molar-refractivity contribution in [2.75, 3.05) is 18.6 Å². The van der Waals surface area contributed by atoms with Gasteiger partial charge in [-0.15, -0.1) is 0 Å². The molecule has 4 heteroatoms. The van der Waals surface area contributed by atoms with Crippen LogP contribution in [0.15, 0.2) is 18.2 Å². The number of halogens is 2. The summed E-state index contributed by atoms with van der Waals surface area (Å²) in [7, 11) is 1.91. The molecule has 0 radical (unpaired) electrons. The summed E-state index contributed by atoms with van der Waals surface area (Å²) < 4.78 is 13.5. The first-order valence-electron chi connectivity index (χ1n) is 5.36. The molecular formula is C12H17ClFNS. The topological polar surface area (TPSA) is 12.0 Å². The second kappa shape index (κ2) is 7.15. The zero-order valence-electron chi connectivity index (χ0n) is 9.59. The van der Waals surface area contributed by atoms with Crippen LogP contribution >= 0.6 is 23.4 Å². The quantitative estimate of drug-likeness (QED) is 0.843. The molecule has 0 saturated heterocycles. The molecule has 0 bridgehead atoms. The second-order valence-electron chi connectivity index (χ2n) is 3.58. The van der Waals surface area contributed by atoms with Crippen molar-refractivity contribution in [1.82, 2.24) is 5.32 Å². The van der Waals surface area contributed by atoms with Gasteiger partial charge in [0.05, 0.1) is 0 Å². The zero-order valence-corrected chi connectivity index (χ0v) is 11.2. The molecule has 1 nitrogen and oxygen atoms in total. The molecule has 0 saturated carbocycles. The Morgan fingerprint density at radius 2 is 2.25 bits per heavy atom. The van der Waals surface area contributed by atoms with Gasteiger partial charge in [-0.25, -0.2) is 4.39 Å². The maximum absolute atomic E-state index is 13.5. The van der Waals surface area contributed by atoms with E-state index >= 15 is 0 Å². The molecule has 1 atom stereocenters. The molecule has 1 rings (SSSR count). The van der Waals surface area contributed by atoms with Crippen LogP contribution in [0.5, 0.6) is 0 Å². The highest BCUT2D eigenvalue weighted by molar-refractivity contribution is 7.99. The molecule has 1 aromatic rings. The van der Waals surface area contributed by atoms with Gasteiger partial charge in [0.25, 0.3) is 0 Å². The van der Waals surface area contributed by atoms with Gasteiger partial charge in [-0.3, -0.25) is 0 Å². The van der Waals surface area contributed by atoms with Crippen molar-refractivity contribution in [3.05, 3.63) is 34.6 Å². The lowest BCUT2D eigenvalue weighted by molar-refractivity contribution is 0.568. The smallest absolute Gasteiger partial charge is 0.126 e. The van der Waals surface area contributed by atoms with E-state index in [1.54, 1.807) is 12.1 Å². The highest BCUT2D eigenvalue weighted by Gasteiger charge is 2.10. The minimum atomic E-state index is -0.175. The lowest BCUT2D eigenvalue weighted by atomic mass is 10.1. The Hall–Kier alpha value is -0.250. The van der Waals surface area contributed by atoms with Crippen molar-refractivity contribution in [2.24, 2.45) is 0 Å². The first kappa shape index (κ1) is 13.8. The van der Waals surface area contributed by atoms with Gasteiger partial charge in [0, 0.05) is 16.8 Å². The summed E-state index contributed by atoms with van der Waals surface area (Å²) in [6.45, 7) is 2.12. The Morgan fingerprint density at radius 3 is 2.88 bits per heavy atom. The summed E-state index contributed by atoms with van der Waals surface area (Å²) in [6, 6.07) is 5.00. The minimum absolute atomic E-state index is 0.175. The summed E-state index contributed by atoms with van der Waals surface area (Å²) in [5.41, 5.74) is 0.684. The van der Waals surface area contributed by atoms with Crippen LogP contribution in [-0.2, 0) is 6.42 Å². The number of likely N-dealkylation sites (N-methyl/N-ethyl adjacent to an activating group) is 1. The van der Waals surface area contributed by atoms with Crippen molar-refractivity contribution < 1.29 is 4.39 Å². The molecule has 0 aliphatic rings. The third-order valence-electron chi connectivity index (χ3n) is 2.41. The number of hydrogen-bond acceptors (Lipinski definition) is 2. The predicted molar refractivity (Wildman–Crippen MR) is 71.0 cm³/mol. The summed E-state index contributed by atoms with van der Waals surface area (Å²) in [5.74, 6) is 1.89. The van der Waals surface area contributed by atoms with Crippen molar-refractivity contribution in [2.45, 2.75) is 19.4 Å². The third-order valence-corrected chi connectivity index (χ3v) is 3.69. The van der Waals surface area contributed by atoms with Crippen molar-refractivity contribution in [3.63, 3.8) is 0 Å². The number of hydrogen-bond donors (Lipinski definition) is 1. The maximum atomic E-state index is 13.5. The Balaban J connectivity index is 2.65. The fourth-order valence-corrected chi connectivity index (χ4v) is 2.47. The zero-order chi connectivity index (χ0) is 12.0. The van der Waals surface area contributed by atoms with Gasteiger partial charge in [0.15, 0.2) is 0 Å². The molecule has 0 spiro atoms. The van der Waals surface area contributed by atoms with Crippen LogP contribution < -0.4 is 5.32 Å². The van der Waals surface area contributed by atoms with E-state index in [1.165, 1.54) is 6.07 Å². The molecule has 1 unspecified atom stereocenters. The van der Waals surface area contributed by atoms with Gasteiger partial charge in [-0.2, -0.15) is 11.8 Å². The summed E-state index contributed by atoms with van der Waals surface area (Å²) in [5, 5.41) is 3.79. The highest BCUT2D eigenvalue weighted by Crippen LogP contribution is 2.17. The number of thioether (sulfide) groups is 1. The van der Waals surface area contributed by atoms with Gasteiger partial charge in [0.1, 0.15) is 5.82 Å². The van der Waals surface area contributed by atoms with E-state index in [2.05, 4.69) is 12.2 Å². The molecule has 90 valence electrons. The SMILES string of the molecule is CCSCC(Cc1cc(Cl)ccc1F)NC. The molecule has 0 heterocycles. The second-order valence-corrected chi connectivity index (χ2v) is 5.34. The van der Waals surface area contributed by atoms with Gasteiger partial charge in [0.2, 0.25) is 0 Å². The average Bonchev–Trinajstić information content (AvgIpc) is 2.28. The third kappa shape index (κ3) is 4.32. The van der Waals surface area contributed by atoms with E-state index in [1.807, 2.05) is 18.8 Å². The van der Waals surface area contributed by atoms with E-state index in [0.717, 1.165) is 11.5 Å². The van der Waals surface area contributed by atoms with Gasteiger partial charge in [-0.1, -0.05) is 18.5 Å².